The molecule has 0 radical (unpaired) electrons. The number of ether oxygens (including phenoxy) is 1. The van der Waals surface area contributed by atoms with Gasteiger partial charge in [-0.1, -0.05) is 19.1 Å². The van der Waals surface area contributed by atoms with Gasteiger partial charge in [-0.25, -0.2) is 19.0 Å². The number of hydrogen-bond donors (Lipinski definition) is 1. The van der Waals surface area contributed by atoms with Gasteiger partial charge >= 0.3 is 0 Å². The maximum atomic E-state index is 13.8. The molecule has 200 valence electrons. The maximum absolute atomic E-state index is 13.8. The lowest BCUT2D eigenvalue weighted by atomic mass is 9.94. The van der Waals surface area contributed by atoms with Crippen LogP contribution in [0.15, 0.2) is 91.4 Å². The number of benzene rings is 3. The third kappa shape index (κ3) is 4.43. The first-order chi connectivity index (χ1) is 19.4. The fraction of sp³-hybridized carbons (Fsp3) is 0.167. The first-order valence-electron chi connectivity index (χ1n) is 12.7. The Morgan fingerprint density at radius 1 is 0.975 bits per heavy atom. The molecule has 0 bridgehead atoms. The first kappa shape index (κ1) is 25.2. The van der Waals surface area contributed by atoms with Gasteiger partial charge in [-0.05, 0) is 66.2 Å². The van der Waals surface area contributed by atoms with E-state index in [2.05, 4.69) is 20.4 Å². The van der Waals surface area contributed by atoms with Crippen LogP contribution in [0.3, 0.4) is 0 Å². The normalized spacial score (nSPS) is 18.7. The maximum Gasteiger partial charge on any atom is 0.289 e. The smallest absolute Gasteiger partial charge is 0.289 e. The van der Waals surface area contributed by atoms with Crippen molar-refractivity contribution in [2.45, 2.75) is 19.0 Å². The van der Waals surface area contributed by atoms with E-state index < -0.39 is 23.9 Å². The van der Waals surface area contributed by atoms with Crippen LogP contribution in [0.4, 0.5) is 10.1 Å². The van der Waals surface area contributed by atoms with Gasteiger partial charge in [0, 0.05) is 23.5 Å². The summed E-state index contributed by atoms with van der Waals surface area (Å²) in [5, 5.41) is 8.31. The van der Waals surface area contributed by atoms with Crippen LogP contribution in [0, 0.1) is 11.7 Å². The summed E-state index contributed by atoms with van der Waals surface area (Å²) in [6.45, 7) is 1.81. The molecule has 6 rings (SSSR count). The monoisotopic (exact) mass is 536 g/mol. The van der Waals surface area contributed by atoms with E-state index in [4.69, 9.17) is 4.74 Å². The van der Waals surface area contributed by atoms with E-state index in [0.717, 1.165) is 22.2 Å². The van der Waals surface area contributed by atoms with Crippen molar-refractivity contribution in [1.82, 2.24) is 25.1 Å². The largest absolute Gasteiger partial charge is 0.497 e. The van der Waals surface area contributed by atoms with Crippen LogP contribution in [-0.4, -0.2) is 44.7 Å². The second-order valence-corrected chi connectivity index (χ2v) is 9.56. The second kappa shape index (κ2) is 10.2. The summed E-state index contributed by atoms with van der Waals surface area (Å²) in [5.74, 6) is -0.733. The molecule has 40 heavy (non-hydrogen) atoms. The van der Waals surface area contributed by atoms with Gasteiger partial charge in [0.2, 0.25) is 11.7 Å². The van der Waals surface area contributed by atoms with Crippen LogP contribution in [0.25, 0.3) is 16.6 Å². The Hall–Kier alpha value is -5.12. The fourth-order valence-corrected chi connectivity index (χ4v) is 5.18. The SMILES string of the molecule is COc1ccc(C2C(NC(=O)c3ncccn3)C(C)C(=O)N2c2ccc3c(cnn3-c3ccc(F)cc3)c2)cc1. The van der Waals surface area contributed by atoms with Crippen molar-refractivity contribution in [2.24, 2.45) is 5.92 Å². The Morgan fingerprint density at radius 3 is 2.38 bits per heavy atom. The summed E-state index contributed by atoms with van der Waals surface area (Å²) in [7, 11) is 1.59. The number of nitrogens with one attached hydrogen (secondary N) is 1. The molecule has 1 N–H and O–H groups in total. The zero-order valence-electron chi connectivity index (χ0n) is 21.7. The number of nitrogens with zero attached hydrogens (tertiary/aromatic N) is 5. The fourth-order valence-electron chi connectivity index (χ4n) is 5.18. The Kier molecular flexibility index (Phi) is 6.43. The minimum Gasteiger partial charge on any atom is -0.497 e. The highest BCUT2D eigenvalue weighted by Gasteiger charge is 2.48. The number of rotatable bonds is 6. The van der Waals surface area contributed by atoms with Crippen molar-refractivity contribution >= 4 is 28.4 Å². The van der Waals surface area contributed by atoms with E-state index in [1.807, 2.05) is 42.5 Å². The number of methoxy groups -OCH3 is 1. The van der Waals surface area contributed by atoms with Gasteiger partial charge in [0.05, 0.1) is 42.5 Å². The second-order valence-electron chi connectivity index (χ2n) is 9.56. The van der Waals surface area contributed by atoms with Crippen molar-refractivity contribution in [3.63, 3.8) is 0 Å². The van der Waals surface area contributed by atoms with Crippen LogP contribution < -0.4 is 15.0 Å². The predicted octanol–water partition coefficient (Wildman–Crippen LogP) is 4.49. The van der Waals surface area contributed by atoms with Crippen LogP contribution in [0.5, 0.6) is 5.75 Å². The van der Waals surface area contributed by atoms with Gasteiger partial charge in [0.1, 0.15) is 11.6 Å². The van der Waals surface area contributed by atoms with Gasteiger partial charge in [-0.2, -0.15) is 5.10 Å². The molecule has 1 aliphatic heterocycles. The number of amides is 2. The average Bonchev–Trinajstić information content (AvgIpc) is 3.52. The summed E-state index contributed by atoms with van der Waals surface area (Å²) in [6, 6.07) is 19.7. The molecular weight excluding hydrogens is 511 g/mol. The van der Waals surface area contributed by atoms with Crippen molar-refractivity contribution in [3.05, 3.63) is 109 Å². The Bertz CT molecular complexity index is 1690. The molecule has 2 amide bonds. The summed E-state index contributed by atoms with van der Waals surface area (Å²) in [4.78, 5) is 36.7. The van der Waals surface area contributed by atoms with Crippen molar-refractivity contribution in [2.75, 3.05) is 12.0 Å². The van der Waals surface area contributed by atoms with Gasteiger partial charge in [0.25, 0.3) is 5.91 Å². The van der Waals surface area contributed by atoms with E-state index >= 15 is 0 Å². The minimum atomic E-state index is -0.560. The molecule has 3 unspecified atom stereocenters. The van der Waals surface area contributed by atoms with Gasteiger partial charge in [-0.3, -0.25) is 9.59 Å². The molecule has 3 aromatic carbocycles. The van der Waals surface area contributed by atoms with Crippen molar-refractivity contribution in [1.29, 1.82) is 0 Å². The molecule has 1 fully saturated rings. The Morgan fingerprint density at radius 2 is 1.68 bits per heavy atom. The molecule has 1 saturated heterocycles. The number of halogens is 1. The molecule has 9 nitrogen and oxygen atoms in total. The summed E-state index contributed by atoms with van der Waals surface area (Å²) < 4.78 is 20.5. The summed E-state index contributed by atoms with van der Waals surface area (Å²) in [5.41, 5.74) is 3.02. The van der Waals surface area contributed by atoms with Crippen molar-refractivity contribution < 1.29 is 18.7 Å². The van der Waals surface area contributed by atoms with Crippen LogP contribution in [0.1, 0.15) is 29.1 Å². The standard InChI is InChI=1S/C30H25FN6O3/c1-18-26(35-29(38)28-32-14-3-15-33-28)27(19-4-11-24(40-2)12-5-19)36(30(18)39)23-10-13-25-20(16-23)17-34-37(25)22-8-6-21(31)7-9-22/h3-18,26-27H,1-2H3,(H,35,38). The van der Waals surface area contributed by atoms with E-state index in [0.29, 0.717) is 11.4 Å². The van der Waals surface area contributed by atoms with Gasteiger partial charge < -0.3 is 15.0 Å². The number of fused-ring (bicyclic) bond motifs is 1. The number of anilines is 1. The molecule has 3 atom stereocenters. The molecule has 1 aliphatic rings. The molecule has 3 heterocycles. The highest BCUT2D eigenvalue weighted by molar-refractivity contribution is 6.02. The molecule has 10 heteroatoms. The quantitative estimate of drug-likeness (QED) is 0.343. The molecule has 2 aromatic heterocycles. The third-order valence-corrected chi connectivity index (χ3v) is 7.21. The average molecular weight is 537 g/mol. The lowest BCUT2D eigenvalue weighted by Gasteiger charge is -2.29. The lowest BCUT2D eigenvalue weighted by Crippen LogP contribution is -2.42. The molecule has 0 aliphatic carbocycles. The lowest BCUT2D eigenvalue weighted by molar-refractivity contribution is -0.120. The van der Waals surface area contributed by atoms with Crippen molar-refractivity contribution in [3.8, 4) is 11.4 Å². The van der Waals surface area contributed by atoms with E-state index in [-0.39, 0.29) is 17.5 Å². The minimum absolute atomic E-state index is 0.0312. The van der Waals surface area contributed by atoms with E-state index in [1.165, 1.54) is 24.5 Å². The number of carbonyl (C=O) groups excluding carboxylic acids is 2. The molecule has 0 spiro atoms. The Balaban J connectivity index is 1.40. The highest BCUT2D eigenvalue weighted by Crippen LogP contribution is 2.41. The Labute approximate surface area is 229 Å². The number of hydrogen-bond acceptors (Lipinski definition) is 6. The topological polar surface area (TPSA) is 102 Å². The number of carbonyl (C=O) groups is 2. The van der Waals surface area contributed by atoms with Crippen LogP contribution in [-0.2, 0) is 4.79 Å². The summed E-state index contributed by atoms with van der Waals surface area (Å²) >= 11 is 0. The van der Waals surface area contributed by atoms with E-state index in [9.17, 15) is 14.0 Å². The zero-order valence-corrected chi connectivity index (χ0v) is 21.7. The zero-order chi connectivity index (χ0) is 27.8. The highest BCUT2D eigenvalue weighted by atomic mass is 19.1. The predicted molar refractivity (Wildman–Crippen MR) is 147 cm³/mol. The molecule has 5 aromatic rings. The summed E-state index contributed by atoms with van der Waals surface area (Å²) in [6.07, 6.45) is 4.71. The van der Waals surface area contributed by atoms with E-state index in [1.54, 1.807) is 48.0 Å². The molecule has 0 saturated carbocycles. The van der Waals surface area contributed by atoms with Crippen LogP contribution >= 0.6 is 0 Å². The van der Waals surface area contributed by atoms with Gasteiger partial charge in [-0.15, -0.1) is 0 Å². The molecular formula is C30H25FN6O3. The van der Waals surface area contributed by atoms with Gasteiger partial charge in [0.15, 0.2) is 0 Å². The number of aromatic nitrogens is 4. The third-order valence-electron chi connectivity index (χ3n) is 7.21. The first-order valence-corrected chi connectivity index (χ1v) is 12.7. The van der Waals surface area contributed by atoms with Crippen LogP contribution in [0.2, 0.25) is 0 Å².